The van der Waals surface area contributed by atoms with E-state index >= 15 is 0 Å². The van der Waals surface area contributed by atoms with Crippen LogP contribution in [0.2, 0.25) is 0 Å². The molecule has 2 atom stereocenters. The van der Waals surface area contributed by atoms with Crippen LogP contribution in [0.3, 0.4) is 0 Å². The number of anilines is 1. The lowest BCUT2D eigenvalue weighted by atomic mass is 10.1. The van der Waals surface area contributed by atoms with Crippen molar-refractivity contribution in [2.75, 3.05) is 5.32 Å². The highest BCUT2D eigenvalue weighted by Crippen LogP contribution is 2.48. The van der Waals surface area contributed by atoms with Gasteiger partial charge in [0.25, 0.3) is 0 Å². The minimum atomic E-state index is -0.432. The molecule has 1 saturated carbocycles. The molecular formula is C16H12Br2FNO. The fourth-order valence-electron chi connectivity index (χ4n) is 2.38. The van der Waals surface area contributed by atoms with Gasteiger partial charge in [-0.25, -0.2) is 4.39 Å². The molecule has 1 aliphatic carbocycles. The number of hydrogen-bond donors (Lipinski definition) is 1. The quantitative estimate of drug-likeness (QED) is 0.747. The Kier molecular flexibility index (Phi) is 4.13. The highest BCUT2D eigenvalue weighted by molar-refractivity contribution is 9.10. The minimum absolute atomic E-state index is 0.0748. The summed E-state index contributed by atoms with van der Waals surface area (Å²) in [5.41, 5.74) is 1.37. The van der Waals surface area contributed by atoms with E-state index in [1.165, 1.54) is 6.07 Å². The van der Waals surface area contributed by atoms with Crippen LogP contribution in [0.1, 0.15) is 17.9 Å². The third-order valence-corrected chi connectivity index (χ3v) is 4.64. The van der Waals surface area contributed by atoms with E-state index in [-0.39, 0.29) is 23.4 Å². The van der Waals surface area contributed by atoms with Crippen LogP contribution in [-0.2, 0) is 4.79 Å². The summed E-state index contributed by atoms with van der Waals surface area (Å²) < 4.78 is 15.4. The van der Waals surface area contributed by atoms with E-state index in [1.54, 1.807) is 12.1 Å². The van der Waals surface area contributed by atoms with E-state index in [1.807, 2.05) is 24.3 Å². The van der Waals surface area contributed by atoms with E-state index in [2.05, 4.69) is 37.2 Å². The van der Waals surface area contributed by atoms with Gasteiger partial charge in [-0.3, -0.25) is 4.79 Å². The van der Waals surface area contributed by atoms with E-state index in [0.29, 0.717) is 4.47 Å². The molecule has 3 rings (SSSR count). The zero-order valence-corrected chi connectivity index (χ0v) is 14.1. The summed E-state index contributed by atoms with van der Waals surface area (Å²) in [6.07, 6.45) is 0.811. The molecule has 2 aromatic rings. The molecule has 0 spiro atoms. The lowest BCUT2D eigenvalue weighted by molar-refractivity contribution is -0.117. The molecule has 0 saturated heterocycles. The van der Waals surface area contributed by atoms with Gasteiger partial charge in [-0.1, -0.05) is 44.0 Å². The molecule has 21 heavy (non-hydrogen) atoms. The molecule has 0 heterocycles. The number of hydrogen-bond acceptors (Lipinski definition) is 1. The predicted octanol–water partition coefficient (Wildman–Crippen LogP) is 5.09. The molecule has 5 heteroatoms. The van der Waals surface area contributed by atoms with Crippen molar-refractivity contribution in [1.29, 1.82) is 0 Å². The third-order valence-electron chi connectivity index (χ3n) is 3.61. The van der Waals surface area contributed by atoms with Crippen molar-refractivity contribution in [2.24, 2.45) is 5.92 Å². The van der Waals surface area contributed by atoms with Gasteiger partial charge in [0, 0.05) is 14.9 Å². The summed E-state index contributed by atoms with van der Waals surface area (Å²) in [5.74, 6) is -0.395. The van der Waals surface area contributed by atoms with E-state index in [9.17, 15) is 9.18 Å². The van der Waals surface area contributed by atoms with Gasteiger partial charge in [-0.05, 0) is 48.2 Å². The fraction of sp³-hybridized carbons (Fsp3) is 0.188. The number of nitrogens with one attached hydrogen (secondary N) is 1. The molecule has 0 radical (unpaired) electrons. The van der Waals surface area contributed by atoms with Crippen molar-refractivity contribution in [3.05, 3.63) is 62.8 Å². The van der Waals surface area contributed by atoms with Crippen molar-refractivity contribution in [3.8, 4) is 0 Å². The first-order valence-electron chi connectivity index (χ1n) is 6.56. The van der Waals surface area contributed by atoms with Gasteiger partial charge in [0.1, 0.15) is 5.82 Å². The second-order valence-corrected chi connectivity index (χ2v) is 6.95. The maximum Gasteiger partial charge on any atom is 0.228 e. The molecule has 0 aromatic heterocycles. The topological polar surface area (TPSA) is 29.1 Å². The van der Waals surface area contributed by atoms with E-state index in [4.69, 9.17) is 0 Å². The Balaban J connectivity index is 1.66. The Morgan fingerprint density at radius 3 is 2.43 bits per heavy atom. The number of rotatable bonds is 3. The van der Waals surface area contributed by atoms with Crippen LogP contribution in [0.15, 0.2) is 51.4 Å². The number of benzene rings is 2. The number of halogens is 3. The first-order valence-corrected chi connectivity index (χ1v) is 8.14. The van der Waals surface area contributed by atoms with Crippen molar-refractivity contribution in [2.45, 2.75) is 12.3 Å². The molecule has 1 amide bonds. The summed E-state index contributed by atoms with van der Waals surface area (Å²) in [7, 11) is 0. The van der Waals surface area contributed by atoms with Gasteiger partial charge in [0.05, 0.1) is 5.69 Å². The van der Waals surface area contributed by atoms with Crippen LogP contribution in [0, 0.1) is 11.7 Å². The predicted molar refractivity (Wildman–Crippen MR) is 87.7 cm³/mol. The monoisotopic (exact) mass is 411 g/mol. The van der Waals surface area contributed by atoms with Crippen LogP contribution < -0.4 is 5.32 Å². The second kappa shape index (κ2) is 5.89. The minimum Gasteiger partial charge on any atom is -0.323 e. The summed E-state index contributed by atoms with van der Waals surface area (Å²) in [6, 6.07) is 12.6. The van der Waals surface area contributed by atoms with Crippen LogP contribution in [0.25, 0.3) is 0 Å². The molecule has 0 aliphatic heterocycles. The number of amides is 1. The molecule has 2 unspecified atom stereocenters. The molecule has 2 nitrogen and oxygen atoms in total. The van der Waals surface area contributed by atoms with Crippen LogP contribution in [-0.4, -0.2) is 5.91 Å². The highest BCUT2D eigenvalue weighted by Gasteiger charge is 2.44. The Hall–Kier alpha value is -1.20. The van der Waals surface area contributed by atoms with Gasteiger partial charge in [-0.15, -0.1) is 0 Å². The van der Waals surface area contributed by atoms with Crippen molar-refractivity contribution < 1.29 is 9.18 Å². The molecule has 2 aromatic carbocycles. The third kappa shape index (κ3) is 3.35. The normalized spacial score (nSPS) is 20.1. The van der Waals surface area contributed by atoms with Crippen molar-refractivity contribution in [1.82, 2.24) is 0 Å². The first-order chi connectivity index (χ1) is 10.0. The van der Waals surface area contributed by atoms with Crippen molar-refractivity contribution in [3.63, 3.8) is 0 Å². The zero-order valence-electron chi connectivity index (χ0n) is 10.9. The van der Waals surface area contributed by atoms with Gasteiger partial charge in [-0.2, -0.15) is 0 Å². The molecule has 108 valence electrons. The van der Waals surface area contributed by atoms with Crippen molar-refractivity contribution >= 4 is 43.5 Å². The Bertz CT molecular complexity index is 687. The number of carbonyl (C=O) groups excluding carboxylic acids is 1. The molecular weight excluding hydrogens is 401 g/mol. The highest BCUT2D eigenvalue weighted by atomic mass is 79.9. The molecule has 0 bridgehead atoms. The van der Waals surface area contributed by atoms with Gasteiger partial charge < -0.3 is 5.32 Å². The van der Waals surface area contributed by atoms with Crippen LogP contribution in [0.4, 0.5) is 10.1 Å². The maximum absolute atomic E-state index is 13.7. The van der Waals surface area contributed by atoms with E-state index in [0.717, 1.165) is 16.5 Å². The lowest BCUT2D eigenvalue weighted by Gasteiger charge is -2.06. The standard InChI is InChI=1S/C16H12Br2FNO/c17-10-3-1-9(2-4-10)12-8-13(12)16(21)20-15-6-5-11(18)7-14(15)19/h1-7,12-13H,8H2,(H,20,21). The SMILES string of the molecule is O=C(Nc1ccc(Br)cc1F)C1CC1c1ccc(Br)cc1. The van der Waals surface area contributed by atoms with Crippen LogP contribution >= 0.6 is 31.9 Å². The molecule has 1 N–H and O–H groups in total. The number of carbonyl (C=O) groups is 1. The van der Waals surface area contributed by atoms with E-state index < -0.39 is 5.82 Å². The lowest BCUT2D eigenvalue weighted by Crippen LogP contribution is -2.15. The summed E-state index contributed by atoms with van der Waals surface area (Å²) in [5, 5.41) is 2.67. The molecule has 1 aliphatic rings. The average Bonchev–Trinajstić information content (AvgIpc) is 3.23. The Morgan fingerprint density at radius 2 is 1.76 bits per heavy atom. The maximum atomic E-state index is 13.7. The summed E-state index contributed by atoms with van der Waals surface area (Å²) >= 11 is 6.59. The Labute approximate surface area is 139 Å². The van der Waals surface area contributed by atoms with Gasteiger partial charge in [0.2, 0.25) is 5.91 Å². The summed E-state index contributed by atoms with van der Waals surface area (Å²) in [6.45, 7) is 0. The largest absolute Gasteiger partial charge is 0.323 e. The summed E-state index contributed by atoms with van der Waals surface area (Å²) in [4.78, 5) is 12.2. The smallest absolute Gasteiger partial charge is 0.228 e. The van der Waals surface area contributed by atoms with Gasteiger partial charge in [0.15, 0.2) is 0 Å². The van der Waals surface area contributed by atoms with Crippen LogP contribution in [0.5, 0.6) is 0 Å². The van der Waals surface area contributed by atoms with Gasteiger partial charge >= 0.3 is 0 Å². The Morgan fingerprint density at radius 1 is 1.10 bits per heavy atom. The zero-order chi connectivity index (χ0) is 15.0. The second-order valence-electron chi connectivity index (χ2n) is 5.11. The molecule has 1 fully saturated rings. The fourth-order valence-corrected chi connectivity index (χ4v) is 2.98. The average molecular weight is 413 g/mol. The first kappa shape index (κ1) is 14.7.